The van der Waals surface area contributed by atoms with Crippen LogP contribution in [-0.2, 0) is 16.6 Å². The first-order valence-electron chi connectivity index (χ1n) is 10.8. The van der Waals surface area contributed by atoms with E-state index in [1.807, 2.05) is 29.0 Å². The van der Waals surface area contributed by atoms with Crippen LogP contribution in [0.25, 0.3) is 11.1 Å². The van der Waals surface area contributed by atoms with Gasteiger partial charge in [-0.2, -0.15) is 8.78 Å². The second-order valence-corrected chi connectivity index (χ2v) is 9.46. The van der Waals surface area contributed by atoms with Gasteiger partial charge in [0.1, 0.15) is 11.5 Å². The van der Waals surface area contributed by atoms with Crippen LogP contribution in [-0.4, -0.2) is 20.9 Å². The molecular weight excluding hydrogens is 490 g/mol. The van der Waals surface area contributed by atoms with Gasteiger partial charge in [-0.15, -0.1) is 0 Å². The molecule has 0 saturated heterocycles. The summed E-state index contributed by atoms with van der Waals surface area (Å²) < 4.78 is 61.2. The van der Waals surface area contributed by atoms with Crippen LogP contribution < -0.4 is 14.8 Å². The third-order valence-corrected chi connectivity index (χ3v) is 6.65. The molecule has 1 aromatic heterocycles. The van der Waals surface area contributed by atoms with E-state index in [0.29, 0.717) is 17.9 Å². The summed E-state index contributed by atoms with van der Waals surface area (Å²) in [7, 11) is -4.02. The Labute approximate surface area is 206 Å². The number of anilines is 1. The van der Waals surface area contributed by atoms with Crippen molar-refractivity contribution in [3.63, 3.8) is 0 Å². The highest BCUT2D eigenvalue weighted by Crippen LogP contribution is 2.25. The number of hydrogen-bond acceptors (Lipinski definition) is 6. The van der Waals surface area contributed by atoms with Crippen molar-refractivity contribution < 1.29 is 31.1 Å². The molecule has 2 N–H and O–H groups in total. The van der Waals surface area contributed by atoms with Crippen molar-refractivity contribution >= 4 is 21.6 Å². The first kappa shape index (κ1) is 24.9. The number of furan rings is 1. The molecule has 7 nitrogen and oxygen atoms in total. The molecule has 0 atom stereocenters. The Bertz CT molecular complexity index is 1440. The number of halogens is 2. The zero-order valence-electron chi connectivity index (χ0n) is 19.1. The van der Waals surface area contributed by atoms with E-state index in [1.165, 1.54) is 30.3 Å². The highest BCUT2D eigenvalue weighted by molar-refractivity contribution is 7.90. The molecule has 0 aliphatic carbocycles. The van der Waals surface area contributed by atoms with E-state index in [4.69, 9.17) is 4.42 Å². The molecule has 0 radical (unpaired) electrons. The molecule has 0 bridgehead atoms. The fourth-order valence-electron chi connectivity index (χ4n) is 3.44. The molecular formula is C26H22F2N2O5S. The third kappa shape index (κ3) is 6.08. The van der Waals surface area contributed by atoms with E-state index < -0.39 is 22.5 Å². The van der Waals surface area contributed by atoms with Crippen LogP contribution in [0.15, 0.2) is 94.2 Å². The van der Waals surface area contributed by atoms with E-state index >= 15 is 0 Å². The summed E-state index contributed by atoms with van der Waals surface area (Å²) in [5.41, 5.74) is 3.22. The number of alkyl halides is 2. The predicted octanol–water partition coefficient (Wildman–Crippen LogP) is 5.59. The molecule has 36 heavy (non-hydrogen) atoms. The number of ether oxygens (including phenoxy) is 1. The largest absolute Gasteiger partial charge is 0.456 e. The molecule has 1 amide bonds. The fraction of sp³-hybridized carbons (Fsp3) is 0.115. The molecule has 0 unspecified atom stereocenters. The average molecular weight is 513 g/mol. The van der Waals surface area contributed by atoms with Crippen molar-refractivity contribution in [2.75, 3.05) is 5.32 Å². The van der Waals surface area contributed by atoms with Crippen molar-refractivity contribution in [2.45, 2.75) is 25.0 Å². The van der Waals surface area contributed by atoms with Gasteiger partial charge in [0.05, 0.1) is 4.90 Å². The summed E-state index contributed by atoms with van der Waals surface area (Å²) in [6.45, 7) is -0.843. The van der Waals surface area contributed by atoms with Gasteiger partial charge in [0, 0.05) is 17.8 Å². The molecule has 0 saturated carbocycles. The summed E-state index contributed by atoms with van der Waals surface area (Å²) in [4.78, 5) is 12.4. The minimum atomic E-state index is -4.02. The van der Waals surface area contributed by atoms with Gasteiger partial charge in [-0.1, -0.05) is 42.5 Å². The maximum Gasteiger partial charge on any atom is 0.387 e. The fourth-order valence-corrected chi connectivity index (χ4v) is 4.42. The highest BCUT2D eigenvalue weighted by Gasteiger charge is 2.22. The summed E-state index contributed by atoms with van der Waals surface area (Å²) in [5, 5.41) is 3.22. The van der Waals surface area contributed by atoms with E-state index in [2.05, 4.69) is 10.1 Å². The standard InChI is InChI=1S/C26H22F2N2O5S/c1-17-20(15-24(34-17)25(31)30-36(32,33)23-5-3-2-4-6-23)16-29-21-11-7-18(8-12-21)19-9-13-22(14-10-19)35-26(27)28/h2-15,26,29H,16H2,1H3,(H,30,31). The Morgan fingerprint density at radius 1 is 0.944 bits per heavy atom. The number of sulfonamides is 1. The van der Waals surface area contributed by atoms with Crippen LogP contribution in [0.2, 0.25) is 0 Å². The van der Waals surface area contributed by atoms with E-state index in [0.717, 1.165) is 16.8 Å². The van der Waals surface area contributed by atoms with Gasteiger partial charge in [-0.25, -0.2) is 13.1 Å². The summed E-state index contributed by atoms with van der Waals surface area (Å²) in [5.74, 6) is -0.401. The Hall–Kier alpha value is -4.18. The maximum absolute atomic E-state index is 12.5. The summed E-state index contributed by atoms with van der Waals surface area (Å²) >= 11 is 0. The van der Waals surface area contributed by atoms with Crippen LogP contribution in [0, 0.1) is 6.92 Å². The van der Waals surface area contributed by atoms with Gasteiger partial charge in [0.2, 0.25) is 0 Å². The van der Waals surface area contributed by atoms with Crippen molar-refractivity contribution in [1.82, 2.24) is 4.72 Å². The third-order valence-electron chi connectivity index (χ3n) is 5.31. The molecule has 0 spiro atoms. The van der Waals surface area contributed by atoms with Gasteiger partial charge < -0.3 is 14.5 Å². The van der Waals surface area contributed by atoms with Crippen LogP contribution in [0.4, 0.5) is 14.5 Å². The van der Waals surface area contributed by atoms with Crippen LogP contribution in [0.3, 0.4) is 0 Å². The molecule has 0 fully saturated rings. The molecule has 0 aliphatic rings. The lowest BCUT2D eigenvalue weighted by atomic mass is 10.1. The second kappa shape index (κ2) is 10.6. The molecule has 3 aromatic carbocycles. The van der Waals surface area contributed by atoms with E-state index in [1.54, 1.807) is 37.3 Å². The number of aryl methyl sites for hydroxylation is 1. The number of hydrogen-bond donors (Lipinski definition) is 2. The van der Waals surface area contributed by atoms with Crippen LogP contribution >= 0.6 is 0 Å². The minimum absolute atomic E-state index is 0.0237. The van der Waals surface area contributed by atoms with Crippen molar-refractivity contribution in [1.29, 1.82) is 0 Å². The van der Waals surface area contributed by atoms with E-state index in [-0.39, 0.29) is 16.4 Å². The maximum atomic E-state index is 12.5. The molecule has 1 heterocycles. The normalized spacial score (nSPS) is 11.3. The first-order chi connectivity index (χ1) is 17.2. The van der Waals surface area contributed by atoms with Gasteiger partial charge in [0.15, 0.2) is 5.76 Å². The Balaban J connectivity index is 1.37. The number of rotatable bonds is 9. The van der Waals surface area contributed by atoms with Gasteiger partial charge >= 0.3 is 12.5 Å². The zero-order chi connectivity index (χ0) is 25.7. The first-order valence-corrected chi connectivity index (χ1v) is 12.3. The smallest absolute Gasteiger partial charge is 0.387 e. The molecule has 10 heteroatoms. The Kier molecular flexibility index (Phi) is 7.35. The number of carbonyl (C=O) groups is 1. The highest BCUT2D eigenvalue weighted by atomic mass is 32.2. The second-order valence-electron chi connectivity index (χ2n) is 7.77. The number of nitrogens with one attached hydrogen (secondary N) is 2. The van der Waals surface area contributed by atoms with Crippen LogP contribution in [0.5, 0.6) is 5.75 Å². The Morgan fingerprint density at radius 2 is 1.56 bits per heavy atom. The lowest BCUT2D eigenvalue weighted by Crippen LogP contribution is -2.30. The van der Waals surface area contributed by atoms with Crippen molar-refractivity contribution in [2.24, 2.45) is 0 Å². The lowest BCUT2D eigenvalue weighted by Gasteiger charge is -2.08. The lowest BCUT2D eigenvalue weighted by molar-refractivity contribution is -0.0498. The number of carbonyl (C=O) groups excluding carboxylic acids is 1. The average Bonchev–Trinajstić information content (AvgIpc) is 3.24. The number of benzene rings is 3. The van der Waals surface area contributed by atoms with E-state index in [9.17, 15) is 22.0 Å². The summed E-state index contributed by atoms with van der Waals surface area (Å²) in [6.07, 6.45) is 0. The van der Waals surface area contributed by atoms with Gasteiger partial charge in [-0.3, -0.25) is 4.79 Å². The Morgan fingerprint density at radius 3 is 2.17 bits per heavy atom. The number of amides is 1. The molecule has 0 aliphatic heterocycles. The minimum Gasteiger partial charge on any atom is -0.456 e. The monoisotopic (exact) mass is 512 g/mol. The van der Waals surface area contributed by atoms with Crippen molar-refractivity contribution in [3.05, 3.63) is 102 Å². The quantitative estimate of drug-likeness (QED) is 0.304. The predicted molar refractivity (Wildman–Crippen MR) is 130 cm³/mol. The SMILES string of the molecule is Cc1oc(C(=O)NS(=O)(=O)c2ccccc2)cc1CNc1ccc(-c2ccc(OC(F)F)cc2)cc1. The molecule has 4 aromatic rings. The molecule has 186 valence electrons. The topological polar surface area (TPSA) is 97.6 Å². The zero-order valence-corrected chi connectivity index (χ0v) is 19.9. The summed E-state index contributed by atoms with van der Waals surface area (Å²) in [6, 6.07) is 22.9. The van der Waals surface area contributed by atoms with Gasteiger partial charge in [-0.05, 0) is 60.5 Å². The van der Waals surface area contributed by atoms with Crippen LogP contribution in [0.1, 0.15) is 21.9 Å². The van der Waals surface area contributed by atoms with Gasteiger partial charge in [0.25, 0.3) is 10.0 Å². The van der Waals surface area contributed by atoms with Crippen molar-refractivity contribution in [3.8, 4) is 16.9 Å². The molecule has 4 rings (SSSR count).